The van der Waals surface area contributed by atoms with Crippen LogP contribution in [0.1, 0.15) is 9.75 Å². The van der Waals surface area contributed by atoms with Gasteiger partial charge in [-0.1, -0.05) is 11.6 Å². The minimum Gasteiger partial charge on any atom is -0.495 e. The van der Waals surface area contributed by atoms with Crippen molar-refractivity contribution in [2.75, 3.05) is 12.4 Å². The second-order valence-electron chi connectivity index (χ2n) is 3.82. The number of halogens is 2. The van der Waals surface area contributed by atoms with E-state index in [9.17, 15) is 0 Å². The molecule has 0 aliphatic heterocycles. The number of aryl methyl sites for hydroxylation is 1. The highest BCUT2D eigenvalue weighted by atomic mass is 79.9. The predicted octanol–water partition coefficient (Wildman–Crippen LogP) is 5.09. The van der Waals surface area contributed by atoms with Crippen molar-refractivity contribution in [1.82, 2.24) is 0 Å². The summed E-state index contributed by atoms with van der Waals surface area (Å²) in [5, 5.41) is 3.96. The van der Waals surface area contributed by atoms with Crippen molar-refractivity contribution in [1.29, 1.82) is 0 Å². The van der Waals surface area contributed by atoms with Gasteiger partial charge in [-0.05, 0) is 47.1 Å². The molecular formula is C13H13BrClNOS. The number of rotatable bonds is 4. The fourth-order valence-electron chi connectivity index (χ4n) is 1.57. The Morgan fingerprint density at radius 2 is 2.17 bits per heavy atom. The van der Waals surface area contributed by atoms with Crippen LogP contribution in [0.5, 0.6) is 5.75 Å². The molecule has 2 rings (SSSR count). The van der Waals surface area contributed by atoms with Gasteiger partial charge in [0.05, 0.1) is 12.1 Å². The molecule has 0 bridgehead atoms. The molecule has 1 aromatic heterocycles. The zero-order chi connectivity index (χ0) is 13.1. The first-order valence-corrected chi connectivity index (χ1v) is 7.41. The van der Waals surface area contributed by atoms with Gasteiger partial charge in [0.25, 0.3) is 0 Å². The van der Waals surface area contributed by atoms with Gasteiger partial charge in [-0.3, -0.25) is 0 Å². The molecule has 0 aliphatic rings. The van der Waals surface area contributed by atoms with E-state index in [2.05, 4.69) is 34.2 Å². The molecule has 0 radical (unpaired) electrons. The van der Waals surface area contributed by atoms with Crippen molar-refractivity contribution in [2.45, 2.75) is 13.5 Å². The molecule has 2 aromatic rings. The Labute approximate surface area is 124 Å². The summed E-state index contributed by atoms with van der Waals surface area (Å²) in [6, 6.07) is 7.83. The summed E-state index contributed by atoms with van der Waals surface area (Å²) in [7, 11) is 1.61. The van der Waals surface area contributed by atoms with Crippen LogP contribution in [-0.2, 0) is 6.54 Å². The largest absolute Gasteiger partial charge is 0.495 e. The maximum atomic E-state index is 6.07. The third kappa shape index (κ3) is 3.19. The summed E-state index contributed by atoms with van der Waals surface area (Å²) < 4.78 is 6.28. The van der Waals surface area contributed by atoms with Crippen LogP contribution < -0.4 is 10.1 Å². The number of methoxy groups -OCH3 is 1. The number of hydrogen-bond acceptors (Lipinski definition) is 3. The summed E-state index contributed by atoms with van der Waals surface area (Å²) in [6.07, 6.45) is 0. The van der Waals surface area contributed by atoms with E-state index in [1.807, 2.05) is 18.2 Å². The SMILES string of the molecule is COc1ccc(NCc2cc(Br)c(C)s2)cc1Cl. The van der Waals surface area contributed by atoms with E-state index >= 15 is 0 Å². The molecule has 96 valence electrons. The van der Waals surface area contributed by atoms with Gasteiger partial charge in [-0.15, -0.1) is 11.3 Å². The third-order valence-corrected chi connectivity index (χ3v) is 4.96. The molecule has 1 heterocycles. The Kier molecular flexibility index (Phi) is 4.54. The second kappa shape index (κ2) is 5.95. The third-order valence-electron chi connectivity index (χ3n) is 2.53. The maximum Gasteiger partial charge on any atom is 0.137 e. The van der Waals surface area contributed by atoms with Crippen LogP contribution in [0.25, 0.3) is 0 Å². The fraction of sp³-hybridized carbons (Fsp3) is 0.231. The Hall–Kier alpha value is -0.710. The molecule has 0 amide bonds. The van der Waals surface area contributed by atoms with Gasteiger partial charge in [-0.25, -0.2) is 0 Å². The summed E-state index contributed by atoms with van der Waals surface area (Å²) in [5.74, 6) is 0.692. The quantitative estimate of drug-likeness (QED) is 0.832. The van der Waals surface area contributed by atoms with Crippen molar-refractivity contribution in [2.24, 2.45) is 0 Å². The van der Waals surface area contributed by atoms with Crippen LogP contribution in [0.2, 0.25) is 5.02 Å². The zero-order valence-corrected chi connectivity index (χ0v) is 13.2. The zero-order valence-electron chi connectivity index (χ0n) is 10.1. The lowest BCUT2D eigenvalue weighted by Crippen LogP contribution is -1.97. The number of hydrogen-bond donors (Lipinski definition) is 1. The Balaban J connectivity index is 2.04. The summed E-state index contributed by atoms with van der Waals surface area (Å²) in [4.78, 5) is 2.57. The average molecular weight is 347 g/mol. The van der Waals surface area contributed by atoms with E-state index in [0.29, 0.717) is 10.8 Å². The van der Waals surface area contributed by atoms with E-state index in [1.165, 1.54) is 9.75 Å². The van der Waals surface area contributed by atoms with Gasteiger partial charge in [0, 0.05) is 26.5 Å². The van der Waals surface area contributed by atoms with Crippen molar-refractivity contribution in [3.8, 4) is 5.75 Å². The van der Waals surface area contributed by atoms with Gasteiger partial charge in [0.1, 0.15) is 5.75 Å². The minimum absolute atomic E-state index is 0.617. The summed E-state index contributed by atoms with van der Waals surface area (Å²) >= 11 is 11.4. The molecule has 2 nitrogen and oxygen atoms in total. The lowest BCUT2D eigenvalue weighted by molar-refractivity contribution is 0.415. The smallest absolute Gasteiger partial charge is 0.137 e. The van der Waals surface area contributed by atoms with Crippen LogP contribution in [0.3, 0.4) is 0 Å². The first-order chi connectivity index (χ1) is 8.60. The first kappa shape index (κ1) is 13.7. The molecule has 0 unspecified atom stereocenters. The number of ether oxygens (including phenoxy) is 1. The van der Waals surface area contributed by atoms with Crippen LogP contribution in [0.4, 0.5) is 5.69 Å². The van der Waals surface area contributed by atoms with E-state index in [0.717, 1.165) is 16.7 Å². The minimum atomic E-state index is 0.617. The van der Waals surface area contributed by atoms with Crippen molar-refractivity contribution in [3.05, 3.63) is 43.5 Å². The topological polar surface area (TPSA) is 21.3 Å². The Morgan fingerprint density at radius 1 is 1.39 bits per heavy atom. The standard InChI is InChI=1S/C13H13BrClNOS/c1-8-11(14)6-10(18-8)7-16-9-3-4-13(17-2)12(15)5-9/h3-6,16H,7H2,1-2H3. The molecule has 0 aliphatic carbocycles. The van der Waals surface area contributed by atoms with Crippen molar-refractivity contribution in [3.63, 3.8) is 0 Å². The van der Waals surface area contributed by atoms with Gasteiger partial charge < -0.3 is 10.1 Å². The van der Waals surface area contributed by atoms with E-state index in [4.69, 9.17) is 16.3 Å². The Bertz CT molecular complexity index is 536. The molecule has 0 atom stereocenters. The monoisotopic (exact) mass is 345 g/mol. The number of nitrogens with one attached hydrogen (secondary N) is 1. The average Bonchev–Trinajstić information content (AvgIpc) is 2.66. The summed E-state index contributed by atoms with van der Waals surface area (Å²) in [5.41, 5.74) is 0.989. The van der Waals surface area contributed by atoms with E-state index in [-0.39, 0.29) is 0 Å². The van der Waals surface area contributed by atoms with E-state index < -0.39 is 0 Å². The molecule has 18 heavy (non-hydrogen) atoms. The first-order valence-electron chi connectivity index (χ1n) is 5.42. The highest BCUT2D eigenvalue weighted by Crippen LogP contribution is 2.29. The van der Waals surface area contributed by atoms with Gasteiger partial charge >= 0.3 is 0 Å². The lowest BCUT2D eigenvalue weighted by Gasteiger charge is -2.07. The summed E-state index contributed by atoms with van der Waals surface area (Å²) in [6.45, 7) is 2.89. The molecule has 0 saturated heterocycles. The highest BCUT2D eigenvalue weighted by molar-refractivity contribution is 9.10. The van der Waals surface area contributed by atoms with Gasteiger partial charge in [0.2, 0.25) is 0 Å². The molecule has 0 spiro atoms. The molecule has 0 saturated carbocycles. The lowest BCUT2D eigenvalue weighted by atomic mass is 10.3. The number of anilines is 1. The molecular weight excluding hydrogens is 334 g/mol. The van der Waals surface area contributed by atoms with Crippen LogP contribution in [-0.4, -0.2) is 7.11 Å². The van der Waals surface area contributed by atoms with E-state index in [1.54, 1.807) is 18.4 Å². The van der Waals surface area contributed by atoms with Crippen molar-refractivity contribution >= 4 is 44.6 Å². The second-order valence-corrected chi connectivity index (χ2v) is 6.42. The van der Waals surface area contributed by atoms with Gasteiger partial charge in [-0.2, -0.15) is 0 Å². The normalized spacial score (nSPS) is 10.4. The fourth-order valence-corrected chi connectivity index (χ4v) is 3.37. The van der Waals surface area contributed by atoms with Crippen LogP contribution >= 0.6 is 38.9 Å². The molecule has 1 aromatic carbocycles. The van der Waals surface area contributed by atoms with Crippen molar-refractivity contribution < 1.29 is 4.74 Å². The van der Waals surface area contributed by atoms with Gasteiger partial charge in [0.15, 0.2) is 0 Å². The molecule has 5 heteroatoms. The maximum absolute atomic E-state index is 6.07. The highest BCUT2D eigenvalue weighted by Gasteiger charge is 2.04. The van der Waals surface area contributed by atoms with Crippen LogP contribution in [0.15, 0.2) is 28.7 Å². The molecule has 0 fully saturated rings. The number of thiophene rings is 1. The van der Waals surface area contributed by atoms with Crippen LogP contribution in [0, 0.1) is 6.92 Å². The number of benzene rings is 1. The Morgan fingerprint density at radius 3 is 2.72 bits per heavy atom. The molecule has 1 N–H and O–H groups in total. The predicted molar refractivity (Wildman–Crippen MR) is 82.1 cm³/mol.